The third-order valence-electron chi connectivity index (χ3n) is 4.19. The fourth-order valence-corrected chi connectivity index (χ4v) is 2.60. The molecule has 3 rings (SSSR count). The second kappa shape index (κ2) is 9.02. The van der Waals surface area contributed by atoms with Crippen molar-refractivity contribution >= 4 is 22.4 Å². The zero-order chi connectivity index (χ0) is 25.3. The lowest BCUT2D eigenvalue weighted by molar-refractivity contribution is -0.301. The average molecular weight is 500 g/mol. The molecule has 0 aliphatic carbocycles. The van der Waals surface area contributed by atoms with Crippen LogP contribution in [0.3, 0.4) is 0 Å². The monoisotopic (exact) mass is 500 g/mol. The van der Waals surface area contributed by atoms with Crippen molar-refractivity contribution in [3.8, 4) is 12.0 Å². The molecule has 6 nitrogen and oxygen atoms in total. The largest absolute Gasteiger partial charge is 0.451 e. The van der Waals surface area contributed by atoms with Crippen LogP contribution in [0.1, 0.15) is 6.92 Å². The van der Waals surface area contributed by atoms with Gasteiger partial charge < -0.3 is 14.8 Å². The van der Waals surface area contributed by atoms with E-state index in [4.69, 9.17) is 0 Å². The number of nitrogens with zero attached hydrogens (tertiary/aromatic N) is 3. The summed E-state index contributed by atoms with van der Waals surface area (Å²) >= 11 is 0. The molecule has 184 valence electrons. The highest BCUT2D eigenvalue weighted by molar-refractivity contribution is 5.94. The molecule has 0 aliphatic heterocycles. The minimum Gasteiger partial charge on any atom is -0.451 e. The first kappa shape index (κ1) is 25.1. The first-order valence-electron chi connectivity index (χ1n) is 9.19. The Hall–Kier alpha value is -3.52. The maximum atomic E-state index is 12.9. The van der Waals surface area contributed by atoms with Crippen LogP contribution in [0.25, 0.3) is 10.8 Å². The number of anilines is 2. The van der Waals surface area contributed by atoms with Gasteiger partial charge in [0.15, 0.2) is 6.10 Å². The Morgan fingerprint density at radius 3 is 1.85 bits per heavy atom. The second-order valence-electron chi connectivity index (χ2n) is 6.76. The van der Waals surface area contributed by atoms with Crippen LogP contribution in [0.5, 0.6) is 12.0 Å². The van der Waals surface area contributed by atoms with E-state index in [2.05, 4.69) is 29.7 Å². The summed E-state index contributed by atoms with van der Waals surface area (Å²) < 4.78 is 124. The third kappa shape index (κ3) is 6.08. The van der Waals surface area contributed by atoms with Gasteiger partial charge in [0.25, 0.3) is 6.10 Å². The van der Waals surface area contributed by atoms with E-state index in [1.54, 1.807) is 36.4 Å². The van der Waals surface area contributed by atoms with Crippen molar-refractivity contribution in [1.29, 1.82) is 0 Å². The maximum absolute atomic E-state index is 12.9. The van der Waals surface area contributed by atoms with Crippen molar-refractivity contribution in [2.75, 3.05) is 5.32 Å². The van der Waals surface area contributed by atoms with Gasteiger partial charge in [-0.25, -0.2) is 0 Å². The van der Waals surface area contributed by atoms with Crippen molar-refractivity contribution in [2.45, 2.75) is 37.7 Å². The summed E-state index contributed by atoms with van der Waals surface area (Å²) in [5, 5.41) is 3.76. The van der Waals surface area contributed by atoms with E-state index >= 15 is 0 Å². The predicted molar refractivity (Wildman–Crippen MR) is 99.7 cm³/mol. The number of benzene rings is 2. The van der Waals surface area contributed by atoms with Gasteiger partial charge in [0.1, 0.15) is 0 Å². The summed E-state index contributed by atoms with van der Waals surface area (Å²) in [5.74, 6) is -0.714. The van der Waals surface area contributed by atoms with Crippen LogP contribution in [0, 0.1) is 0 Å². The number of aromatic nitrogens is 3. The van der Waals surface area contributed by atoms with Gasteiger partial charge in [0.05, 0.1) is 0 Å². The van der Waals surface area contributed by atoms with Crippen LogP contribution in [0.4, 0.5) is 51.1 Å². The lowest BCUT2D eigenvalue weighted by Gasteiger charge is -2.23. The van der Waals surface area contributed by atoms with Gasteiger partial charge in [-0.1, -0.05) is 36.4 Å². The molecule has 0 spiro atoms. The summed E-state index contributed by atoms with van der Waals surface area (Å²) in [6, 6.07) is 8.67. The minimum absolute atomic E-state index is 0.244. The van der Waals surface area contributed by atoms with Gasteiger partial charge >= 0.3 is 30.5 Å². The minimum atomic E-state index is -5.92. The van der Waals surface area contributed by atoms with E-state index in [0.29, 0.717) is 17.7 Å². The number of alkyl halides is 9. The fourth-order valence-electron chi connectivity index (χ4n) is 2.60. The molecule has 1 heterocycles. The molecule has 34 heavy (non-hydrogen) atoms. The zero-order valence-electron chi connectivity index (χ0n) is 16.8. The Labute approximate surface area is 184 Å². The van der Waals surface area contributed by atoms with Crippen LogP contribution in [0.2, 0.25) is 0 Å². The highest BCUT2D eigenvalue weighted by Gasteiger charge is 2.59. The Kier molecular flexibility index (Phi) is 6.66. The Bertz CT molecular complexity index is 1130. The van der Waals surface area contributed by atoms with Crippen LogP contribution >= 0.6 is 0 Å². The van der Waals surface area contributed by atoms with Crippen LogP contribution < -0.4 is 14.8 Å². The van der Waals surface area contributed by atoms with E-state index in [-0.39, 0.29) is 5.69 Å². The molecule has 0 radical (unpaired) electrons. The van der Waals surface area contributed by atoms with Crippen LogP contribution in [0.15, 0.2) is 42.5 Å². The SMILES string of the molecule is CC(Oc1nc(Nc2cccc3ccccc23)nc(OC(C(F)(F)F)C(F)(F)F)n1)C(F)(F)F. The molecule has 0 aliphatic rings. The van der Waals surface area contributed by atoms with Gasteiger partial charge in [-0.3, -0.25) is 0 Å². The predicted octanol–water partition coefficient (Wildman–Crippen LogP) is 5.97. The van der Waals surface area contributed by atoms with E-state index in [1.807, 2.05) is 0 Å². The van der Waals surface area contributed by atoms with Crippen molar-refractivity contribution in [1.82, 2.24) is 15.0 Å². The summed E-state index contributed by atoms with van der Waals surface area (Å²) in [5.41, 5.74) is 0.244. The normalized spacial score (nSPS) is 13.7. The number of hydrogen-bond donors (Lipinski definition) is 1. The molecule has 15 heteroatoms. The molecule has 0 amide bonds. The zero-order valence-corrected chi connectivity index (χ0v) is 16.8. The molecule has 0 bridgehead atoms. The van der Waals surface area contributed by atoms with E-state index in [0.717, 1.165) is 0 Å². The Morgan fingerprint density at radius 1 is 0.706 bits per heavy atom. The summed E-state index contributed by atoms with van der Waals surface area (Å²) in [4.78, 5) is 9.93. The molecule has 0 saturated heterocycles. The summed E-state index contributed by atoms with van der Waals surface area (Å²) in [7, 11) is 0. The molecule has 0 fully saturated rings. The number of ether oxygens (including phenoxy) is 2. The molecule has 3 aromatic rings. The molecule has 1 N–H and O–H groups in total. The van der Waals surface area contributed by atoms with E-state index in [9.17, 15) is 39.5 Å². The number of hydrogen-bond acceptors (Lipinski definition) is 6. The molecule has 2 aromatic carbocycles. The number of rotatable bonds is 6. The summed E-state index contributed by atoms with van der Waals surface area (Å²) in [6.45, 7) is 0.538. The lowest BCUT2D eigenvalue weighted by Crippen LogP contribution is -2.47. The van der Waals surface area contributed by atoms with E-state index < -0.39 is 48.7 Å². The second-order valence-corrected chi connectivity index (χ2v) is 6.76. The smallest absolute Gasteiger partial charge is 0.434 e. The maximum Gasteiger partial charge on any atom is 0.434 e. The molecular weight excluding hydrogens is 487 g/mol. The fraction of sp³-hybridized carbons (Fsp3) is 0.316. The van der Waals surface area contributed by atoms with Crippen molar-refractivity contribution in [3.05, 3.63) is 42.5 Å². The van der Waals surface area contributed by atoms with Gasteiger partial charge in [0.2, 0.25) is 5.95 Å². The van der Waals surface area contributed by atoms with E-state index in [1.165, 1.54) is 6.07 Å². The topological polar surface area (TPSA) is 69.2 Å². The molecule has 1 aromatic heterocycles. The Balaban J connectivity index is 2.03. The molecular formula is C19H13F9N4O2. The molecule has 0 saturated carbocycles. The summed E-state index contributed by atoms with van der Waals surface area (Å²) in [6.07, 6.45) is -23.7. The number of halogens is 9. The van der Waals surface area contributed by atoms with Crippen LogP contribution in [-0.2, 0) is 0 Å². The first-order chi connectivity index (χ1) is 15.6. The quantitative estimate of drug-likeness (QED) is 0.421. The van der Waals surface area contributed by atoms with Gasteiger partial charge in [0, 0.05) is 11.1 Å². The highest BCUT2D eigenvalue weighted by atomic mass is 19.4. The first-order valence-corrected chi connectivity index (χ1v) is 9.19. The molecule has 1 atom stereocenters. The van der Waals surface area contributed by atoms with Crippen molar-refractivity contribution in [2.24, 2.45) is 0 Å². The Morgan fingerprint density at radius 2 is 1.26 bits per heavy atom. The number of nitrogens with one attached hydrogen (secondary N) is 1. The van der Waals surface area contributed by atoms with Gasteiger partial charge in [-0.15, -0.1) is 4.98 Å². The van der Waals surface area contributed by atoms with Crippen molar-refractivity contribution < 1.29 is 49.0 Å². The van der Waals surface area contributed by atoms with Gasteiger partial charge in [-0.2, -0.15) is 49.5 Å². The standard InChI is InChI=1S/C19H13F9N4O2/c1-9(17(20,21)22)33-15-30-14(29-12-8-4-6-10-5-2-3-7-11(10)12)31-16(32-15)34-13(18(23,24)25)19(26,27)28/h2-9,13H,1H3,(H,29,30,31,32). The van der Waals surface area contributed by atoms with Crippen molar-refractivity contribution in [3.63, 3.8) is 0 Å². The average Bonchev–Trinajstić information content (AvgIpc) is 2.70. The third-order valence-corrected chi connectivity index (χ3v) is 4.19. The van der Waals surface area contributed by atoms with Gasteiger partial charge in [-0.05, 0) is 18.4 Å². The molecule has 1 unspecified atom stereocenters. The van der Waals surface area contributed by atoms with Crippen LogP contribution in [-0.4, -0.2) is 45.7 Å². The lowest BCUT2D eigenvalue weighted by atomic mass is 10.1. The highest BCUT2D eigenvalue weighted by Crippen LogP contribution is 2.36. The number of fused-ring (bicyclic) bond motifs is 1.